The first-order valence-electron chi connectivity index (χ1n) is 9.86. The molecule has 8 nitrogen and oxygen atoms in total. The second-order valence-corrected chi connectivity index (χ2v) is 8.38. The molecule has 1 aromatic heterocycles. The standard InChI is InChI=1S/C21H29N3O5/c1-20(2,3)29-19(26)21(5-8-22-9-6-21)7-10-28-17-12-15-14(11-16(17)27-4)18(25)24-13-23-15/h11-13,22H,5-10H2,1-4H3,(H,23,24,25). The number of aromatic nitrogens is 2. The molecule has 0 spiro atoms. The summed E-state index contributed by atoms with van der Waals surface area (Å²) >= 11 is 0. The number of H-pyrrole nitrogens is 1. The van der Waals surface area contributed by atoms with E-state index in [1.165, 1.54) is 13.4 Å². The van der Waals surface area contributed by atoms with Gasteiger partial charge in [-0.2, -0.15) is 0 Å². The van der Waals surface area contributed by atoms with Crippen LogP contribution in [0.2, 0.25) is 0 Å². The number of carbonyl (C=O) groups excluding carboxylic acids is 1. The van der Waals surface area contributed by atoms with Gasteiger partial charge in [0.25, 0.3) is 5.56 Å². The third-order valence-electron chi connectivity index (χ3n) is 5.16. The Balaban J connectivity index is 1.77. The Morgan fingerprint density at radius 2 is 1.93 bits per heavy atom. The molecular formula is C21H29N3O5. The quantitative estimate of drug-likeness (QED) is 0.714. The summed E-state index contributed by atoms with van der Waals surface area (Å²) < 4.78 is 17.1. The summed E-state index contributed by atoms with van der Waals surface area (Å²) in [5.74, 6) is 0.771. The monoisotopic (exact) mass is 403 g/mol. The summed E-state index contributed by atoms with van der Waals surface area (Å²) in [6, 6.07) is 3.30. The lowest BCUT2D eigenvalue weighted by Crippen LogP contribution is -2.46. The minimum absolute atomic E-state index is 0.172. The summed E-state index contributed by atoms with van der Waals surface area (Å²) in [5, 5.41) is 3.73. The van der Waals surface area contributed by atoms with Crippen LogP contribution in [0.15, 0.2) is 23.3 Å². The highest BCUT2D eigenvalue weighted by molar-refractivity contribution is 5.81. The van der Waals surface area contributed by atoms with Gasteiger partial charge in [-0.3, -0.25) is 9.59 Å². The van der Waals surface area contributed by atoms with Crippen molar-refractivity contribution in [2.75, 3.05) is 26.8 Å². The van der Waals surface area contributed by atoms with E-state index < -0.39 is 11.0 Å². The van der Waals surface area contributed by atoms with Crippen LogP contribution in [-0.2, 0) is 9.53 Å². The zero-order chi connectivity index (χ0) is 21.1. The van der Waals surface area contributed by atoms with E-state index in [0.29, 0.717) is 48.3 Å². The van der Waals surface area contributed by atoms with Gasteiger partial charge in [-0.1, -0.05) is 0 Å². The normalized spacial score (nSPS) is 16.4. The largest absolute Gasteiger partial charge is 0.493 e. The van der Waals surface area contributed by atoms with Gasteiger partial charge in [-0.25, -0.2) is 4.98 Å². The van der Waals surface area contributed by atoms with Crippen molar-refractivity contribution in [1.29, 1.82) is 0 Å². The van der Waals surface area contributed by atoms with E-state index >= 15 is 0 Å². The molecular weight excluding hydrogens is 374 g/mol. The van der Waals surface area contributed by atoms with Gasteiger partial charge in [-0.05, 0) is 59.2 Å². The number of aromatic amines is 1. The molecule has 1 aliphatic rings. The number of esters is 1. The van der Waals surface area contributed by atoms with Crippen molar-refractivity contribution in [2.45, 2.75) is 45.6 Å². The van der Waals surface area contributed by atoms with Crippen molar-refractivity contribution in [3.63, 3.8) is 0 Å². The van der Waals surface area contributed by atoms with Crippen molar-refractivity contribution in [2.24, 2.45) is 5.41 Å². The average molecular weight is 403 g/mol. The SMILES string of the molecule is COc1cc2c(=O)[nH]cnc2cc1OCCC1(C(=O)OC(C)(C)C)CCNCC1. The number of rotatable bonds is 6. The van der Waals surface area contributed by atoms with Gasteiger partial charge in [0.2, 0.25) is 0 Å². The minimum Gasteiger partial charge on any atom is -0.493 e. The number of carbonyl (C=O) groups is 1. The van der Waals surface area contributed by atoms with Gasteiger partial charge in [0.15, 0.2) is 11.5 Å². The first-order chi connectivity index (χ1) is 13.7. The number of fused-ring (bicyclic) bond motifs is 1. The Morgan fingerprint density at radius 1 is 1.21 bits per heavy atom. The molecule has 158 valence electrons. The molecule has 0 aliphatic carbocycles. The zero-order valence-electron chi connectivity index (χ0n) is 17.5. The molecule has 1 saturated heterocycles. The maximum Gasteiger partial charge on any atom is 0.312 e. The van der Waals surface area contributed by atoms with Crippen LogP contribution in [-0.4, -0.2) is 48.3 Å². The van der Waals surface area contributed by atoms with Gasteiger partial charge in [0.1, 0.15) is 5.60 Å². The van der Waals surface area contributed by atoms with Crippen molar-refractivity contribution in [3.05, 3.63) is 28.8 Å². The molecule has 0 saturated carbocycles. The second-order valence-electron chi connectivity index (χ2n) is 8.38. The van der Waals surface area contributed by atoms with Crippen LogP contribution in [0.1, 0.15) is 40.0 Å². The lowest BCUT2D eigenvalue weighted by atomic mass is 9.76. The fraction of sp³-hybridized carbons (Fsp3) is 0.571. The van der Waals surface area contributed by atoms with Crippen molar-refractivity contribution in [1.82, 2.24) is 15.3 Å². The van der Waals surface area contributed by atoms with Gasteiger partial charge >= 0.3 is 5.97 Å². The number of nitrogens with zero attached hydrogens (tertiary/aromatic N) is 1. The molecule has 3 rings (SSSR count). The molecule has 0 atom stereocenters. The molecule has 0 unspecified atom stereocenters. The van der Waals surface area contributed by atoms with E-state index in [4.69, 9.17) is 14.2 Å². The number of ether oxygens (including phenoxy) is 3. The topological polar surface area (TPSA) is 103 Å². The van der Waals surface area contributed by atoms with Gasteiger partial charge in [-0.15, -0.1) is 0 Å². The van der Waals surface area contributed by atoms with E-state index in [1.807, 2.05) is 20.8 Å². The molecule has 8 heteroatoms. The van der Waals surface area contributed by atoms with Crippen LogP contribution in [0, 0.1) is 5.41 Å². The maximum atomic E-state index is 12.9. The third kappa shape index (κ3) is 4.87. The lowest BCUT2D eigenvalue weighted by Gasteiger charge is -2.37. The lowest BCUT2D eigenvalue weighted by molar-refractivity contribution is -0.170. The number of hydrogen-bond donors (Lipinski definition) is 2. The summed E-state index contributed by atoms with van der Waals surface area (Å²) in [6.45, 7) is 7.50. The third-order valence-corrected chi connectivity index (χ3v) is 5.16. The number of methoxy groups -OCH3 is 1. The van der Waals surface area contributed by atoms with Crippen LogP contribution in [0.4, 0.5) is 0 Å². The first-order valence-corrected chi connectivity index (χ1v) is 9.86. The molecule has 2 heterocycles. The van der Waals surface area contributed by atoms with E-state index in [1.54, 1.807) is 12.1 Å². The molecule has 2 aromatic rings. The van der Waals surface area contributed by atoms with Crippen LogP contribution < -0.4 is 20.3 Å². The Labute approximate surface area is 170 Å². The van der Waals surface area contributed by atoms with E-state index in [-0.39, 0.29) is 11.5 Å². The van der Waals surface area contributed by atoms with E-state index in [2.05, 4.69) is 15.3 Å². The summed E-state index contributed by atoms with van der Waals surface area (Å²) in [6.07, 6.45) is 3.30. The van der Waals surface area contributed by atoms with Crippen LogP contribution in [0.5, 0.6) is 11.5 Å². The van der Waals surface area contributed by atoms with Gasteiger partial charge < -0.3 is 24.5 Å². The number of hydrogen-bond acceptors (Lipinski definition) is 7. The number of piperidine rings is 1. The Kier molecular flexibility index (Phi) is 6.12. The van der Waals surface area contributed by atoms with Crippen LogP contribution in [0.3, 0.4) is 0 Å². The maximum absolute atomic E-state index is 12.9. The minimum atomic E-state index is -0.571. The van der Waals surface area contributed by atoms with Crippen molar-refractivity contribution in [3.8, 4) is 11.5 Å². The highest BCUT2D eigenvalue weighted by Gasteiger charge is 2.42. The fourth-order valence-electron chi connectivity index (χ4n) is 3.55. The summed E-state index contributed by atoms with van der Waals surface area (Å²) in [4.78, 5) is 31.6. The molecule has 0 radical (unpaired) electrons. The first kappa shape index (κ1) is 21.1. The highest BCUT2D eigenvalue weighted by Crippen LogP contribution is 2.37. The predicted octanol–water partition coefficient (Wildman–Crippen LogP) is 2.41. The predicted molar refractivity (Wildman–Crippen MR) is 109 cm³/mol. The Bertz CT molecular complexity index is 926. The summed E-state index contributed by atoms with van der Waals surface area (Å²) in [7, 11) is 1.52. The zero-order valence-corrected chi connectivity index (χ0v) is 17.5. The van der Waals surface area contributed by atoms with Gasteiger partial charge in [0.05, 0.1) is 36.4 Å². The average Bonchev–Trinajstić information content (AvgIpc) is 2.67. The second kappa shape index (κ2) is 8.41. The molecule has 29 heavy (non-hydrogen) atoms. The van der Waals surface area contributed by atoms with Crippen molar-refractivity contribution < 1.29 is 19.0 Å². The van der Waals surface area contributed by atoms with E-state index in [0.717, 1.165) is 13.1 Å². The van der Waals surface area contributed by atoms with Crippen molar-refractivity contribution >= 4 is 16.9 Å². The molecule has 0 amide bonds. The number of nitrogens with one attached hydrogen (secondary N) is 2. The molecule has 0 bridgehead atoms. The van der Waals surface area contributed by atoms with E-state index in [9.17, 15) is 9.59 Å². The Morgan fingerprint density at radius 3 is 2.59 bits per heavy atom. The van der Waals surface area contributed by atoms with Crippen LogP contribution in [0.25, 0.3) is 10.9 Å². The smallest absolute Gasteiger partial charge is 0.312 e. The van der Waals surface area contributed by atoms with Gasteiger partial charge in [0, 0.05) is 6.07 Å². The summed E-state index contributed by atoms with van der Waals surface area (Å²) in [5.41, 5.74) is -0.819. The van der Waals surface area contributed by atoms with Crippen LogP contribution >= 0.6 is 0 Å². The molecule has 1 aliphatic heterocycles. The molecule has 1 aromatic carbocycles. The molecule has 2 N–H and O–H groups in total. The Hall–Kier alpha value is -2.61. The highest BCUT2D eigenvalue weighted by atomic mass is 16.6. The number of benzene rings is 1. The fourth-order valence-corrected chi connectivity index (χ4v) is 3.55. The molecule has 1 fully saturated rings.